The molecule has 0 radical (unpaired) electrons. The smallest absolute Gasteiger partial charge is 0.311 e. The molecule has 0 fully saturated rings. The zero-order valence-electron chi connectivity index (χ0n) is 12.9. The summed E-state index contributed by atoms with van der Waals surface area (Å²) in [6, 6.07) is 6.46. The number of rotatable bonds is 5. The second-order valence-corrected chi connectivity index (χ2v) is 5.90. The molecule has 0 amide bonds. The minimum Gasteiger partial charge on any atom is -0.490 e. The number of hydrogen-bond acceptors (Lipinski definition) is 6. The molecule has 24 heavy (non-hydrogen) atoms. The van der Waals surface area contributed by atoms with Crippen molar-refractivity contribution in [1.82, 2.24) is 9.97 Å². The van der Waals surface area contributed by atoms with Gasteiger partial charge in [-0.05, 0) is 18.2 Å². The highest BCUT2D eigenvalue weighted by Crippen LogP contribution is 2.35. The first-order valence-corrected chi connectivity index (χ1v) is 7.85. The number of aromatic amines is 1. The van der Waals surface area contributed by atoms with E-state index in [1.807, 2.05) is 5.38 Å². The van der Waals surface area contributed by atoms with Crippen molar-refractivity contribution in [3.8, 4) is 27.6 Å². The van der Waals surface area contributed by atoms with Crippen LogP contribution in [-0.4, -0.2) is 27.8 Å². The number of hydrogen-bond donors (Lipinski definition) is 1. The summed E-state index contributed by atoms with van der Waals surface area (Å²) in [5.74, 6) is 0.153. The summed E-state index contributed by atoms with van der Waals surface area (Å²) in [4.78, 5) is 29.4. The van der Waals surface area contributed by atoms with Crippen molar-refractivity contribution in [1.29, 1.82) is 0 Å². The molecule has 1 N–H and O–H groups in total. The largest absolute Gasteiger partial charge is 0.490 e. The van der Waals surface area contributed by atoms with Gasteiger partial charge in [0.05, 0.1) is 23.4 Å². The molecule has 7 nitrogen and oxygen atoms in total. The van der Waals surface area contributed by atoms with Gasteiger partial charge in [-0.2, -0.15) is 0 Å². The average molecular weight is 343 g/mol. The predicted octanol–water partition coefficient (Wildman–Crippen LogP) is 3.92. The third-order valence-electron chi connectivity index (χ3n) is 3.48. The molecule has 0 aliphatic carbocycles. The first kappa shape index (κ1) is 15.9. The summed E-state index contributed by atoms with van der Waals surface area (Å²) >= 11 is 1.38. The van der Waals surface area contributed by atoms with Crippen LogP contribution in [0.2, 0.25) is 0 Å². The molecule has 2 aromatic heterocycles. The van der Waals surface area contributed by atoms with E-state index in [-0.39, 0.29) is 17.2 Å². The van der Waals surface area contributed by atoms with E-state index in [1.54, 1.807) is 24.4 Å². The van der Waals surface area contributed by atoms with Crippen LogP contribution in [0.1, 0.15) is 17.4 Å². The van der Waals surface area contributed by atoms with Gasteiger partial charge in [-0.1, -0.05) is 0 Å². The maximum Gasteiger partial charge on any atom is 0.311 e. The molecule has 0 saturated carbocycles. The normalized spacial score (nSPS) is 10.6. The van der Waals surface area contributed by atoms with Crippen molar-refractivity contribution >= 4 is 22.8 Å². The summed E-state index contributed by atoms with van der Waals surface area (Å²) in [7, 11) is 1.39. The molecule has 1 aromatic carbocycles. The number of nitro groups is 1. The first-order chi connectivity index (χ1) is 11.5. The van der Waals surface area contributed by atoms with Crippen molar-refractivity contribution in [2.45, 2.75) is 6.92 Å². The molecule has 122 valence electrons. The number of benzene rings is 1. The predicted molar refractivity (Wildman–Crippen MR) is 90.5 cm³/mol. The molecule has 0 saturated heterocycles. The number of thiazole rings is 1. The number of ether oxygens (including phenoxy) is 1. The number of carbonyl (C=O) groups is 1. The van der Waals surface area contributed by atoms with E-state index in [0.717, 1.165) is 5.56 Å². The Labute approximate surface area is 141 Å². The minimum atomic E-state index is -0.484. The fourth-order valence-electron chi connectivity index (χ4n) is 2.25. The van der Waals surface area contributed by atoms with E-state index in [4.69, 9.17) is 4.74 Å². The summed E-state index contributed by atoms with van der Waals surface area (Å²) in [5, 5.41) is 13.6. The molecule has 0 spiro atoms. The van der Waals surface area contributed by atoms with Crippen molar-refractivity contribution < 1.29 is 14.5 Å². The fraction of sp³-hybridized carbons (Fsp3) is 0.125. The van der Waals surface area contributed by atoms with Crippen LogP contribution >= 0.6 is 11.3 Å². The van der Waals surface area contributed by atoms with Crippen LogP contribution in [0.4, 0.5) is 5.69 Å². The molecule has 3 rings (SSSR count). The molecule has 0 bridgehead atoms. The van der Waals surface area contributed by atoms with Gasteiger partial charge in [0.1, 0.15) is 5.01 Å². The van der Waals surface area contributed by atoms with Crippen LogP contribution in [0.3, 0.4) is 0 Å². The molecule has 0 aliphatic rings. The SMILES string of the molecule is COc1ccc(-c2nc(-c3c[nH]c(C(C)=O)c3)cs2)cc1[N+](=O)[O-]. The fourth-order valence-corrected chi connectivity index (χ4v) is 3.08. The standard InChI is InChI=1S/C16H13N3O4S/c1-9(20)12-5-11(7-17-12)13-8-24-16(18-13)10-3-4-15(23-2)14(6-10)19(21)22/h3-8,17H,1-2H3. The summed E-state index contributed by atoms with van der Waals surface area (Å²) in [6.45, 7) is 1.48. The van der Waals surface area contributed by atoms with Crippen LogP contribution in [0.5, 0.6) is 5.75 Å². The Hall–Kier alpha value is -3.00. The van der Waals surface area contributed by atoms with E-state index in [1.165, 1.54) is 31.4 Å². The van der Waals surface area contributed by atoms with Crippen LogP contribution < -0.4 is 4.74 Å². The van der Waals surface area contributed by atoms with Crippen LogP contribution in [0.25, 0.3) is 21.8 Å². The molecule has 3 aromatic rings. The maximum atomic E-state index is 11.4. The highest BCUT2D eigenvalue weighted by atomic mass is 32.1. The topological polar surface area (TPSA) is 98.1 Å². The quantitative estimate of drug-likeness (QED) is 0.430. The lowest BCUT2D eigenvalue weighted by molar-refractivity contribution is -0.385. The maximum absolute atomic E-state index is 11.4. The minimum absolute atomic E-state index is 0.0533. The number of nitrogens with one attached hydrogen (secondary N) is 1. The Morgan fingerprint density at radius 2 is 2.12 bits per heavy atom. The highest BCUT2D eigenvalue weighted by molar-refractivity contribution is 7.13. The summed E-state index contributed by atoms with van der Waals surface area (Å²) in [5.41, 5.74) is 2.55. The lowest BCUT2D eigenvalue weighted by Gasteiger charge is -2.02. The number of carbonyl (C=O) groups excluding carboxylic acids is 1. The zero-order valence-corrected chi connectivity index (χ0v) is 13.7. The second kappa shape index (κ2) is 6.25. The molecule has 2 heterocycles. The zero-order chi connectivity index (χ0) is 17.3. The summed E-state index contributed by atoms with van der Waals surface area (Å²) in [6.07, 6.45) is 1.71. The Bertz CT molecular complexity index is 929. The molecule has 0 aliphatic heterocycles. The van der Waals surface area contributed by atoms with Gasteiger partial charge in [-0.3, -0.25) is 14.9 Å². The number of nitrogens with zero attached hydrogens (tertiary/aromatic N) is 2. The average Bonchev–Trinajstić information content (AvgIpc) is 3.23. The van der Waals surface area contributed by atoms with Gasteiger partial charge in [0.2, 0.25) is 0 Å². The van der Waals surface area contributed by atoms with Gasteiger partial charge in [-0.25, -0.2) is 4.98 Å². The van der Waals surface area contributed by atoms with Crippen molar-refractivity contribution in [3.05, 3.63) is 51.7 Å². The molecular formula is C16H13N3O4S. The highest BCUT2D eigenvalue weighted by Gasteiger charge is 2.17. The van der Waals surface area contributed by atoms with E-state index in [2.05, 4.69) is 9.97 Å². The van der Waals surface area contributed by atoms with Crippen molar-refractivity contribution in [2.24, 2.45) is 0 Å². The number of aromatic nitrogens is 2. The Morgan fingerprint density at radius 1 is 1.33 bits per heavy atom. The number of ketones is 1. The third-order valence-corrected chi connectivity index (χ3v) is 4.38. The van der Waals surface area contributed by atoms with Gasteiger partial charge >= 0.3 is 5.69 Å². The number of methoxy groups -OCH3 is 1. The Morgan fingerprint density at radius 3 is 2.75 bits per heavy atom. The molecular weight excluding hydrogens is 330 g/mol. The van der Waals surface area contributed by atoms with Crippen molar-refractivity contribution in [3.63, 3.8) is 0 Å². The number of Topliss-reactive ketones (excluding diaryl/α,β-unsaturated/α-hetero) is 1. The lowest BCUT2D eigenvalue weighted by atomic mass is 10.2. The second-order valence-electron chi connectivity index (χ2n) is 5.04. The van der Waals surface area contributed by atoms with E-state index < -0.39 is 4.92 Å². The molecule has 0 unspecified atom stereocenters. The van der Waals surface area contributed by atoms with Gasteiger partial charge in [0.15, 0.2) is 11.5 Å². The van der Waals surface area contributed by atoms with Gasteiger partial charge in [-0.15, -0.1) is 11.3 Å². The van der Waals surface area contributed by atoms with Gasteiger partial charge in [0, 0.05) is 35.7 Å². The van der Waals surface area contributed by atoms with E-state index >= 15 is 0 Å². The third kappa shape index (κ3) is 2.91. The van der Waals surface area contributed by atoms with Gasteiger partial charge < -0.3 is 9.72 Å². The van der Waals surface area contributed by atoms with Crippen molar-refractivity contribution in [2.75, 3.05) is 7.11 Å². The van der Waals surface area contributed by atoms with Crippen LogP contribution in [0.15, 0.2) is 35.8 Å². The lowest BCUT2D eigenvalue weighted by Crippen LogP contribution is -1.94. The molecule has 8 heteroatoms. The first-order valence-electron chi connectivity index (χ1n) is 6.97. The number of nitro benzene ring substituents is 1. The van der Waals surface area contributed by atoms with Gasteiger partial charge in [0.25, 0.3) is 0 Å². The number of H-pyrrole nitrogens is 1. The monoisotopic (exact) mass is 343 g/mol. The Kier molecular flexibility index (Phi) is 4.13. The van der Waals surface area contributed by atoms with Crippen LogP contribution in [0, 0.1) is 10.1 Å². The van der Waals surface area contributed by atoms with E-state index in [9.17, 15) is 14.9 Å². The van der Waals surface area contributed by atoms with E-state index in [0.29, 0.717) is 22.0 Å². The summed E-state index contributed by atoms with van der Waals surface area (Å²) < 4.78 is 5.00. The van der Waals surface area contributed by atoms with Crippen LogP contribution in [-0.2, 0) is 0 Å². The molecule has 0 atom stereocenters. The Balaban J connectivity index is 1.97.